The van der Waals surface area contributed by atoms with Crippen molar-refractivity contribution >= 4 is 16.0 Å². The summed E-state index contributed by atoms with van der Waals surface area (Å²) in [7, 11) is -3.84. The van der Waals surface area contributed by atoms with Gasteiger partial charge in [-0.1, -0.05) is 0 Å². The van der Waals surface area contributed by atoms with E-state index >= 15 is 0 Å². The predicted molar refractivity (Wildman–Crippen MR) is 74.0 cm³/mol. The summed E-state index contributed by atoms with van der Waals surface area (Å²) in [6.07, 6.45) is 3.19. The summed E-state index contributed by atoms with van der Waals surface area (Å²) in [5.41, 5.74) is 0.874. The highest BCUT2D eigenvalue weighted by molar-refractivity contribution is 7.92. The first-order chi connectivity index (χ1) is 9.95. The van der Waals surface area contributed by atoms with E-state index < -0.39 is 10.0 Å². The van der Waals surface area contributed by atoms with E-state index in [-0.39, 0.29) is 17.5 Å². The van der Waals surface area contributed by atoms with Crippen LogP contribution in [0.1, 0.15) is 17.8 Å². The monoisotopic (exact) mass is 312 g/mol. The minimum absolute atomic E-state index is 0.0161. The van der Waals surface area contributed by atoms with Gasteiger partial charge in [0.15, 0.2) is 0 Å². The number of aromatic nitrogens is 5. The van der Waals surface area contributed by atoms with Gasteiger partial charge in [0, 0.05) is 13.2 Å². The minimum atomic E-state index is -3.84. The second kappa shape index (κ2) is 6.14. The molecule has 0 spiro atoms. The molecule has 114 valence electrons. The minimum Gasteiger partial charge on any atom is -0.396 e. The fourth-order valence-electron chi connectivity index (χ4n) is 1.97. The molecular formula is C11H16N6O3S. The van der Waals surface area contributed by atoms with E-state index in [2.05, 4.69) is 25.0 Å². The largest absolute Gasteiger partial charge is 0.396 e. The van der Waals surface area contributed by atoms with E-state index in [0.29, 0.717) is 24.4 Å². The molecule has 10 heteroatoms. The molecular weight excluding hydrogens is 296 g/mol. The summed E-state index contributed by atoms with van der Waals surface area (Å²) in [5.74, 6) is -0.0978. The van der Waals surface area contributed by atoms with Crippen LogP contribution in [0.15, 0.2) is 17.3 Å². The van der Waals surface area contributed by atoms with Gasteiger partial charge in [-0.3, -0.25) is 4.68 Å². The van der Waals surface area contributed by atoms with E-state index in [1.54, 1.807) is 18.5 Å². The number of aryl methyl sites for hydroxylation is 2. The van der Waals surface area contributed by atoms with Crippen LogP contribution in [-0.4, -0.2) is 45.1 Å². The maximum Gasteiger partial charge on any atom is 0.267 e. The second-order valence-electron chi connectivity index (χ2n) is 4.37. The number of sulfonamides is 1. The van der Waals surface area contributed by atoms with Crippen LogP contribution >= 0.6 is 0 Å². The molecule has 0 atom stereocenters. The number of aliphatic hydroxyl groups excluding tert-OH is 1. The van der Waals surface area contributed by atoms with Crippen molar-refractivity contribution in [3.63, 3.8) is 0 Å². The molecule has 2 aromatic heterocycles. The average Bonchev–Trinajstić information content (AvgIpc) is 2.72. The molecule has 2 rings (SSSR count). The van der Waals surface area contributed by atoms with E-state index in [4.69, 9.17) is 5.11 Å². The number of nitrogens with zero attached hydrogens (tertiary/aromatic N) is 5. The number of hydrogen-bond donors (Lipinski definition) is 2. The van der Waals surface area contributed by atoms with E-state index in [1.165, 1.54) is 12.4 Å². The first-order valence-corrected chi connectivity index (χ1v) is 7.75. The first-order valence-electron chi connectivity index (χ1n) is 6.27. The third kappa shape index (κ3) is 3.34. The summed E-state index contributed by atoms with van der Waals surface area (Å²) < 4.78 is 28.6. The van der Waals surface area contributed by atoms with Crippen molar-refractivity contribution in [3.8, 4) is 0 Å². The van der Waals surface area contributed by atoms with Crippen LogP contribution in [0.5, 0.6) is 0 Å². The normalized spacial score (nSPS) is 11.6. The maximum atomic E-state index is 12.4. The molecule has 21 heavy (non-hydrogen) atoms. The number of anilines is 1. The molecule has 0 bridgehead atoms. The average molecular weight is 312 g/mol. The molecule has 0 aromatic carbocycles. The van der Waals surface area contributed by atoms with Crippen molar-refractivity contribution in [2.24, 2.45) is 0 Å². The highest BCUT2D eigenvalue weighted by atomic mass is 32.2. The van der Waals surface area contributed by atoms with Crippen LogP contribution in [0, 0.1) is 13.8 Å². The fraction of sp³-hybridized carbons (Fsp3) is 0.455. The Morgan fingerprint density at radius 2 is 2.10 bits per heavy atom. The number of nitrogens with one attached hydrogen (secondary N) is 1. The Morgan fingerprint density at radius 3 is 2.71 bits per heavy atom. The Hall–Kier alpha value is -2.07. The standard InChI is InChI=1S/C11H16N6O3S/c1-8-10(9(2)17(15-8)6-3-7-18)21(19,20)16-11-12-4-5-13-14-11/h4-5,18H,3,6-7H2,1-2H3,(H,12,14,16). The van der Waals surface area contributed by atoms with Crippen LogP contribution < -0.4 is 4.72 Å². The smallest absolute Gasteiger partial charge is 0.267 e. The van der Waals surface area contributed by atoms with Crippen molar-refractivity contribution in [2.75, 3.05) is 11.3 Å². The van der Waals surface area contributed by atoms with Crippen molar-refractivity contribution in [1.82, 2.24) is 25.0 Å². The van der Waals surface area contributed by atoms with Gasteiger partial charge in [-0.2, -0.15) is 10.2 Å². The lowest BCUT2D eigenvalue weighted by atomic mass is 10.4. The number of rotatable bonds is 6. The Morgan fingerprint density at radius 1 is 1.33 bits per heavy atom. The summed E-state index contributed by atoms with van der Waals surface area (Å²) >= 11 is 0. The lowest BCUT2D eigenvalue weighted by Gasteiger charge is -2.07. The molecule has 0 aliphatic carbocycles. The van der Waals surface area contributed by atoms with Crippen LogP contribution in [0.25, 0.3) is 0 Å². The third-order valence-electron chi connectivity index (χ3n) is 2.82. The van der Waals surface area contributed by atoms with Gasteiger partial charge in [0.2, 0.25) is 0 Å². The lowest BCUT2D eigenvalue weighted by molar-refractivity contribution is 0.276. The van der Waals surface area contributed by atoms with Crippen LogP contribution in [0.4, 0.5) is 5.95 Å². The van der Waals surface area contributed by atoms with E-state index in [1.807, 2.05) is 0 Å². The summed E-state index contributed by atoms with van der Waals surface area (Å²) in [4.78, 5) is 3.87. The Labute approximate surface area is 122 Å². The van der Waals surface area contributed by atoms with Gasteiger partial charge < -0.3 is 5.11 Å². The molecule has 2 N–H and O–H groups in total. The SMILES string of the molecule is Cc1nn(CCCO)c(C)c1S(=O)(=O)Nc1nccnn1. The van der Waals surface area contributed by atoms with Crippen molar-refractivity contribution in [1.29, 1.82) is 0 Å². The van der Waals surface area contributed by atoms with Gasteiger partial charge in [-0.05, 0) is 20.3 Å². The molecule has 0 amide bonds. The van der Waals surface area contributed by atoms with Crippen LogP contribution in [-0.2, 0) is 16.6 Å². The number of hydrogen-bond acceptors (Lipinski definition) is 7. The zero-order valence-corrected chi connectivity index (χ0v) is 12.5. The zero-order valence-electron chi connectivity index (χ0n) is 11.7. The van der Waals surface area contributed by atoms with Gasteiger partial charge in [-0.25, -0.2) is 18.1 Å². The predicted octanol–water partition coefficient (Wildman–Crippen LogP) is -0.132. The molecule has 2 heterocycles. The molecule has 0 aliphatic rings. The van der Waals surface area contributed by atoms with Crippen molar-refractivity contribution in [3.05, 3.63) is 23.8 Å². The van der Waals surface area contributed by atoms with Crippen LogP contribution in [0.2, 0.25) is 0 Å². The number of aliphatic hydroxyl groups is 1. The molecule has 0 radical (unpaired) electrons. The summed E-state index contributed by atoms with van der Waals surface area (Å²) in [6, 6.07) is 0. The second-order valence-corrected chi connectivity index (χ2v) is 5.99. The maximum absolute atomic E-state index is 12.4. The Bertz CT molecular complexity index is 713. The zero-order chi connectivity index (χ0) is 15.5. The molecule has 0 fully saturated rings. The van der Waals surface area contributed by atoms with Gasteiger partial charge in [0.25, 0.3) is 16.0 Å². The van der Waals surface area contributed by atoms with Gasteiger partial charge in [0.05, 0.1) is 23.8 Å². The Balaban J connectivity index is 2.34. The molecule has 0 aliphatic heterocycles. The molecule has 9 nitrogen and oxygen atoms in total. The molecule has 0 unspecified atom stereocenters. The van der Waals surface area contributed by atoms with Crippen molar-refractivity contribution < 1.29 is 13.5 Å². The van der Waals surface area contributed by atoms with Gasteiger partial charge in [-0.15, -0.1) is 5.10 Å². The van der Waals surface area contributed by atoms with Crippen LogP contribution in [0.3, 0.4) is 0 Å². The molecule has 0 saturated carbocycles. The summed E-state index contributed by atoms with van der Waals surface area (Å²) in [6.45, 7) is 3.74. The highest BCUT2D eigenvalue weighted by Crippen LogP contribution is 2.21. The van der Waals surface area contributed by atoms with E-state index in [0.717, 1.165) is 0 Å². The van der Waals surface area contributed by atoms with E-state index in [9.17, 15) is 8.42 Å². The molecule has 2 aromatic rings. The van der Waals surface area contributed by atoms with Crippen molar-refractivity contribution in [2.45, 2.75) is 31.7 Å². The summed E-state index contributed by atoms with van der Waals surface area (Å²) in [5, 5.41) is 20.2. The molecule has 0 saturated heterocycles. The van der Waals surface area contributed by atoms with Gasteiger partial charge >= 0.3 is 0 Å². The third-order valence-corrected chi connectivity index (χ3v) is 4.40. The quantitative estimate of drug-likeness (QED) is 0.761. The lowest BCUT2D eigenvalue weighted by Crippen LogP contribution is -2.17. The Kier molecular flexibility index (Phi) is 4.48. The first kappa shape index (κ1) is 15.3. The topological polar surface area (TPSA) is 123 Å². The highest BCUT2D eigenvalue weighted by Gasteiger charge is 2.25. The van der Waals surface area contributed by atoms with Gasteiger partial charge in [0.1, 0.15) is 4.90 Å². The fourth-order valence-corrected chi connectivity index (χ4v) is 3.33.